The van der Waals surface area contributed by atoms with Crippen LogP contribution in [-0.2, 0) is 0 Å². The summed E-state index contributed by atoms with van der Waals surface area (Å²) in [6.45, 7) is 0. The number of hydrogen-bond donors (Lipinski definition) is 0. The Morgan fingerprint density at radius 1 is 0.720 bits per heavy atom. The van der Waals surface area contributed by atoms with E-state index < -0.39 is 0 Å². The lowest BCUT2D eigenvalue weighted by molar-refractivity contribution is 0.673. The van der Waals surface area contributed by atoms with Crippen LogP contribution in [0.15, 0.2) is 83.3 Å². The molecule has 6 rings (SSSR count). The van der Waals surface area contributed by atoms with E-state index in [1.807, 2.05) is 23.5 Å². The maximum absolute atomic E-state index is 6.32. The quantitative estimate of drug-likeness (QED) is 0.324. The number of fused-ring (bicyclic) bond motifs is 7. The molecule has 0 fully saturated rings. The molecule has 0 aliphatic rings. The number of hydrogen-bond acceptors (Lipinski definition) is 2. The highest BCUT2D eigenvalue weighted by Gasteiger charge is 2.22. The van der Waals surface area contributed by atoms with Crippen molar-refractivity contribution in [2.45, 2.75) is 0 Å². The number of aromatic nitrogens is 1. The highest BCUT2D eigenvalue weighted by molar-refractivity contribution is 7.25. The third-order valence-electron chi connectivity index (χ3n) is 4.81. The van der Waals surface area contributed by atoms with E-state index in [4.69, 9.17) is 4.42 Å². The molecule has 0 saturated carbocycles. The van der Waals surface area contributed by atoms with Crippen molar-refractivity contribution in [1.82, 2.24) is 4.57 Å². The number of nitrogens with zero attached hydrogens (tertiary/aromatic N) is 1. The van der Waals surface area contributed by atoms with Gasteiger partial charge in [-0.2, -0.15) is 0 Å². The molecule has 0 saturated heterocycles. The van der Waals surface area contributed by atoms with E-state index >= 15 is 0 Å². The van der Waals surface area contributed by atoms with E-state index in [9.17, 15) is 0 Å². The summed E-state index contributed by atoms with van der Waals surface area (Å²) in [7, 11) is 0. The van der Waals surface area contributed by atoms with Gasteiger partial charge < -0.3 is 4.42 Å². The molecule has 3 heterocycles. The minimum absolute atomic E-state index is 0.939. The molecule has 0 atom stereocenters. The summed E-state index contributed by atoms with van der Waals surface area (Å²) < 4.78 is 9.96. The van der Waals surface area contributed by atoms with Gasteiger partial charge >= 0.3 is 0 Å². The fourth-order valence-corrected chi connectivity index (χ4v) is 4.99. The standard InChI is InChI=1S/C22H13NOS/c1-2-8-14(9-3-1)23-20-15-10-4-6-12-17(15)24-21(20)19-16-11-5-7-13-18(16)25-22(19)23/h1-13H. The van der Waals surface area contributed by atoms with E-state index in [-0.39, 0.29) is 0 Å². The molecule has 0 N–H and O–H groups in total. The molecule has 0 radical (unpaired) electrons. The number of benzene rings is 3. The van der Waals surface area contributed by atoms with E-state index in [1.165, 1.54) is 26.0 Å². The van der Waals surface area contributed by atoms with Crippen LogP contribution in [0.1, 0.15) is 0 Å². The fraction of sp³-hybridized carbons (Fsp3) is 0. The Labute approximate surface area is 147 Å². The van der Waals surface area contributed by atoms with Crippen LogP contribution in [0.3, 0.4) is 0 Å². The Hall–Kier alpha value is -3.04. The Bertz CT molecular complexity index is 1390. The second-order valence-corrected chi connectivity index (χ2v) is 7.26. The topological polar surface area (TPSA) is 18.1 Å². The van der Waals surface area contributed by atoms with Crippen molar-refractivity contribution in [3.63, 3.8) is 0 Å². The number of thiophene rings is 1. The zero-order chi connectivity index (χ0) is 16.4. The van der Waals surface area contributed by atoms with Gasteiger partial charge in [0, 0.05) is 21.2 Å². The molecule has 3 aromatic heterocycles. The summed E-state index contributed by atoms with van der Waals surface area (Å²) in [6, 6.07) is 27.4. The predicted molar refractivity (Wildman–Crippen MR) is 106 cm³/mol. The number of rotatable bonds is 1. The summed E-state index contributed by atoms with van der Waals surface area (Å²) in [5.41, 5.74) is 4.25. The molecule has 0 unspecified atom stereocenters. The summed E-state index contributed by atoms with van der Waals surface area (Å²) in [4.78, 5) is 1.24. The van der Waals surface area contributed by atoms with Gasteiger partial charge in [-0.25, -0.2) is 0 Å². The molecule has 3 aromatic carbocycles. The molecule has 0 amide bonds. The Balaban J connectivity index is 1.94. The molecule has 6 aromatic rings. The number of para-hydroxylation sites is 2. The predicted octanol–water partition coefficient (Wildman–Crippen LogP) is 6.74. The first-order valence-corrected chi connectivity index (χ1v) is 9.12. The van der Waals surface area contributed by atoms with E-state index in [1.54, 1.807) is 0 Å². The van der Waals surface area contributed by atoms with Crippen molar-refractivity contribution in [3.8, 4) is 5.69 Å². The Morgan fingerprint density at radius 3 is 2.32 bits per heavy atom. The second kappa shape index (κ2) is 4.74. The molecule has 2 nitrogen and oxygen atoms in total. The molecule has 0 spiro atoms. The van der Waals surface area contributed by atoms with Crippen LogP contribution in [0.2, 0.25) is 0 Å². The molecule has 0 aliphatic heterocycles. The average molecular weight is 339 g/mol. The van der Waals surface area contributed by atoms with Gasteiger partial charge in [-0.3, -0.25) is 4.57 Å². The second-order valence-electron chi connectivity index (χ2n) is 6.23. The molecule has 118 valence electrons. The van der Waals surface area contributed by atoms with Crippen molar-refractivity contribution in [2.75, 3.05) is 0 Å². The minimum atomic E-state index is 0.939. The third kappa shape index (κ3) is 1.68. The van der Waals surface area contributed by atoms with Crippen molar-refractivity contribution < 1.29 is 4.42 Å². The van der Waals surface area contributed by atoms with Crippen LogP contribution in [0, 0.1) is 0 Å². The van der Waals surface area contributed by atoms with Crippen LogP contribution >= 0.6 is 11.3 Å². The van der Waals surface area contributed by atoms with E-state index in [2.05, 4.69) is 71.3 Å². The largest absolute Gasteiger partial charge is 0.454 e. The zero-order valence-electron chi connectivity index (χ0n) is 13.3. The van der Waals surface area contributed by atoms with Gasteiger partial charge in [0.25, 0.3) is 0 Å². The molecule has 25 heavy (non-hydrogen) atoms. The fourth-order valence-electron chi connectivity index (χ4n) is 3.76. The van der Waals surface area contributed by atoms with Crippen LogP contribution in [0.25, 0.3) is 48.1 Å². The van der Waals surface area contributed by atoms with Crippen molar-refractivity contribution in [2.24, 2.45) is 0 Å². The van der Waals surface area contributed by atoms with Crippen molar-refractivity contribution in [1.29, 1.82) is 0 Å². The van der Waals surface area contributed by atoms with E-state index in [0.29, 0.717) is 0 Å². The summed E-state index contributed by atoms with van der Waals surface area (Å²) in [5.74, 6) is 0. The third-order valence-corrected chi connectivity index (χ3v) is 5.97. The Morgan fingerprint density at radius 2 is 1.44 bits per heavy atom. The van der Waals surface area contributed by atoms with E-state index in [0.717, 1.165) is 22.1 Å². The van der Waals surface area contributed by atoms with Crippen LogP contribution in [0.4, 0.5) is 0 Å². The summed E-state index contributed by atoms with van der Waals surface area (Å²) in [6.07, 6.45) is 0. The van der Waals surface area contributed by atoms with Crippen molar-refractivity contribution >= 4 is 53.7 Å². The van der Waals surface area contributed by atoms with Gasteiger partial charge in [0.2, 0.25) is 0 Å². The molecule has 0 aliphatic carbocycles. The van der Waals surface area contributed by atoms with Gasteiger partial charge in [-0.15, -0.1) is 11.3 Å². The lowest BCUT2D eigenvalue weighted by atomic mass is 10.2. The normalized spacial score (nSPS) is 12.0. The van der Waals surface area contributed by atoms with Crippen LogP contribution in [0.5, 0.6) is 0 Å². The monoisotopic (exact) mass is 339 g/mol. The lowest BCUT2D eigenvalue weighted by Gasteiger charge is -2.05. The highest BCUT2D eigenvalue weighted by Crippen LogP contribution is 2.45. The van der Waals surface area contributed by atoms with Crippen LogP contribution < -0.4 is 0 Å². The number of furan rings is 1. The smallest absolute Gasteiger partial charge is 0.163 e. The first-order chi connectivity index (χ1) is 12.4. The first kappa shape index (κ1) is 13.3. The molecule has 3 heteroatoms. The minimum Gasteiger partial charge on any atom is -0.454 e. The van der Waals surface area contributed by atoms with Gasteiger partial charge in [0.15, 0.2) is 5.58 Å². The van der Waals surface area contributed by atoms with Gasteiger partial charge in [0.05, 0.1) is 5.39 Å². The van der Waals surface area contributed by atoms with Gasteiger partial charge in [-0.1, -0.05) is 48.5 Å². The highest BCUT2D eigenvalue weighted by atomic mass is 32.1. The average Bonchev–Trinajstić information content (AvgIpc) is 3.29. The van der Waals surface area contributed by atoms with Crippen LogP contribution in [-0.4, -0.2) is 4.57 Å². The summed E-state index contributed by atoms with van der Waals surface area (Å²) in [5, 5.41) is 3.64. The zero-order valence-corrected chi connectivity index (χ0v) is 14.1. The first-order valence-electron chi connectivity index (χ1n) is 8.30. The van der Waals surface area contributed by atoms with Crippen molar-refractivity contribution in [3.05, 3.63) is 78.9 Å². The SMILES string of the molecule is c1ccc(-n2c3sc4ccccc4c3c3oc4ccccc4c32)cc1. The Kier molecular flexibility index (Phi) is 2.52. The van der Waals surface area contributed by atoms with Gasteiger partial charge in [0.1, 0.15) is 15.9 Å². The molecular weight excluding hydrogens is 326 g/mol. The lowest BCUT2D eigenvalue weighted by Crippen LogP contribution is -1.91. The maximum Gasteiger partial charge on any atom is 0.163 e. The maximum atomic E-state index is 6.32. The molecular formula is C22H13NOS. The van der Waals surface area contributed by atoms with Gasteiger partial charge in [-0.05, 0) is 30.3 Å². The molecule has 0 bridgehead atoms. The summed E-state index contributed by atoms with van der Waals surface area (Å²) >= 11 is 1.83.